The maximum absolute atomic E-state index is 12.9. The predicted octanol–water partition coefficient (Wildman–Crippen LogP) is 4.32. The number of pyridine rings is 2. The molecule has 3 heterocycles. The van der Waals surface area contributed by atoms with Gasteiger partial charge in [-0.1, -0.05) is 31.4 Å². The number of rotatable bonds is 5. The number of nitrogens with zero attached hydrogens (tertiary/aromatic N) is 3. The summed E-state index contributed by atoms with van der Waals surface area (Å²) in [5.41, 5.74) is 1.27. The first-order valence-electron chi connectivity index (χ1n) is 11.2. The van der Waals surface area contributed by atoms with Crippen molar-refractivity contribution in [3.8, 4) is 0 Å². The Balaban J connectivity index is 1.42. The van der Waals surface area contributed by atoms with Crippen LogP contribution in [0.4, 0.5) is 11.6 Å². The number of hydrogen-bond acceptors (Lipinski definition) is 5. The van der Waals surface area contributed by atoms with Gasteiger partial charge in [0.15, 0.2) is 0 Å². The molecule has 1 atom stereocenters. The highest BCUT2D eigenvalue weighted by Crippen LogP contribution is 2.33. The molecule has 0 spiro atoms. The molecule has 160 valence electrons. The number of anilines is 2. The van der Waals surface area contributed by atoms with Gasteiger partial charge in [-0.2, -0.15) is 0 Å². The van der Waals surface area contributed by atoms with Crippen LogP contribution in [0.15, 0.2) is 36.5 Å². The molecule has 4 rings (SSSR count). The molecule has 2 aromatic rings. The molecule has 0 unspecified atom stereocenters. The summed E-state index contributed by atoms with van der Waals surface area (Å²) in [4.78, 5) is 24.1. The third kappa shape index (κ3) is 4.98. The van der Waals surface area contributed by atoms with Crippen LogP contribution in [0.2, 0.25) is 0 Å². The lowest BCUT2D eigenvalue weighted by Crippen LogP contribution is -2.44. The van der Waals surface area contributed by atoms with Gasteiger partial charge in [0.05, 0.1) is 12.0 Å². The predicted molar refractivity (Wildman–Crippen MR) is 118 cm³/mol. The second-order valence-electron chi connectivity index (χ2n) is 8.88. The van der Waals surface area contributed by atoms with Gasteiger partial charge in [-0.3, -0.25) is 4.79 Å². The Kier molecular flexibility index (Phi) is 6.32. The van der Waals surface area contributed by atoms with Gasteiger partial charge in [-0.15, -0.1) is 0 Å². The van der Waals surface area contributed by atoms with Crippen LogP contribution < -0.4 is 5.32 Å². The molecule has 2 aliphatic rings. The highest BCUT2D eigenvalue weighted by atomic mass is 16.3. The number of amides is 1. The van der Waals surface area contributed by atoms with E-state index in [9.17, 15) is 9.90 Å². The number of likely N-dealkylation sites (tertiary alicyclic amines) is 1. The van der Waals surface area contributed by atoms with Crippen molar-refractivity contribution in [3.63, 3.8) is 0 Å². The molecule has 1 amide bonds. The van der Waals surface area contributed by atoms with Crippen LogP contribution in [0.3, 0.4) is 0 Å². The standard InChI is InChI=1S/C24H32N4O2/c1-18-8-6-14-25-23(18)27-21-11-5-10-20(26-21)19-9-7-15-28(17-19)22(29)16-24(30)12-3-2-4-13-24/h5-6,8,10-11,14,19,30H,2-4,7,9,12-13,15-17H2,1H3,(H,25,26,27)/t19-/m0/s1. The van der Waals surface area contributed by atoms with E-state index >= 15 is 0 Å². The summed E-state index contributed by atoms with van der Waals surface area (Å²) in [6, 6.07) is 9.94. The van der Waals surface area contributed by atoms with Gasteiger partial charge in [0.2, 0.25) is 5.91 Å². The highest BCUT2D eigenvalue weighted by Gasteiger charge is 2.35. The first kappa shape index (κ1) is 20.8. The van der Waals surface area contributed by atoms with E-state index in [4.69, 9.17) is 4.98 Å². The first-order valence-corrected chi connectivity index (χ1v) is 11.2. The van der Waals surface area contributed by atoms with Gasteiger partial charge in [0.1, 0.15) is 11.6 Å². The van der Waals surface area contributed by atoms with Gasteiger partial charge in [-0.05, 0) is 56.4 Å². The molecule has 6 nitrogen and oxygen atoms in total. The van der Waals surface area contributed by atoms with E-state index in [1.54, 1.807) is 6.20 Å². The molecule has 0 radical (unpaired) electrons. The van der Waals surface area contributed by atoms with E-state index in [0.29, 0.717) is 6.54 Å². The Labute approximate surface area is 178 Å². The van der Waals surface area contributed by atoms with Crippen LogP contribution in [0.25, 0.3) is 0 Å². The van der Waals surface area contributed by atoms with E-state index in [1.165, 1.54) is 0 Å². The molecule has 2 aromatic heterocycles. The average Bonchev–Trinajstić information content (AvgIpc) is 2.76. The van der Waals surface area contributed by atoms with E-state index in [1.807, 2.05) is 42.2 Å². The zero-order valence-electron chi connectivity index (χ0n) is 17.8. The summed E-state index contributed by atoms with van der Waals surface area (Å²) in [5.74, 6) is 1.88. The van der Waals surface area contributed by atoms with Crippen LogP contribution in [-0.2, 0) is 4.79 Å². The van der Waals surface area contributed by atoms with Crippen molar-refractivity contribution < 1.29 is 9.90 Å². The second kappa shape index (κ2) is 9.13. The van der Waals surface area contributed by atoms with E-state index in [-0.39, 0.29) is 18.2 Å². The summed E-state index contributed by atoms with van der Waals surface area (Å²) in [6.45, 7) is 3.47. The Bertz CT molecular complexity index is 879. The third-order valence-corrected chi connectivity index (χ3v) is 6.48. The van der Waals surface area contributed by atoms with Crippen molar-refractivity contribution in [3.05, 3.63) is 47.8 Å². The second-order valence-corrected chi connectivity index (χ2v) is 8.88. The topological polar surface area (TPSA) is 78.4 Å². The minimum Gasteiger partial charge on any atom is -0.389 e. The Hall–Kier alpha value is -2.47. The summed E-state index contributed by atoms with van der Waals surface area (Å²) >= 11 is 0. The maximum Gasteiger partial charge on any atom is 0.225 e. The average molecular weight is 409 g/mol. The van der Waals surface area contributed by atoms with Gasteiger partial charge in [-0.25, -0.2) is 9.97 Å². The van der Waals surface area contributed by atoms with Crippen LogP contribution in [-0.4, -0.2) is 44.6 Å². The summed E-state index contributed by atoms with van der Waals surface area (Å²) in [6.07, 6.45) is 8.71. The van der Waals surface area contributed by atoms with Crippen molar-refractivity contribution in [2.45, 2.75) is 69.8 Å². The molecule has 0 aromatic carbocycles. The minimum absolute atomic E-state index is 0.0856. The van der Waals surface area contributed by atoms with Crippen molar-refractivity contribution in [1.29, 1.82) is 0 Å². The zero-order valence-corrected chi connectivity index (χ0v) is 17.8. The van der Waals surface area contributed by atoms with Crippen molar-refractivity contribution in [2.24, 2.45) is 0 Å². The van der Waals surface area contributed by atoms with Crippen LogP contribution in [0.1, 0.15) is 68.5 Å². The fraction of sp³-hybridized carbons (Fsp3) is 0.542. The molecule has 1 saturated heterocycles. The first-order chi connectivity index (χ1) is 14.5. The van der Waals surface area contributed by atoms with Crippen LogP contribution in [0, 0.1) is 6.92 Å². The van der Waals surface area contributed by atoms with Crippen molar-refractivity contribution >= 4 is 17.5 Å². The molecule has 0 bridgehead atoms. The lowest BCUT2D eigenvalue weighted by Gasteiger charge is -2.37. The molecule has 30 heavy (non-hydrogen) atoms. The number of carbonyl (C=O) groups is 1. The summed E-state index contributed by atoms with van der Waals surface area (Å²) in [5, 5.41) is 14.1. The number of carbonyl (C=O) groups excluding carboxylic acids is 1. The lowest BCUT2D eigenvalue weighted by molar-refractivity contribution is -0.139. The number of nitrogens with one attached hydrogen (secondary N) is 1. The number of aryl methyl sites for hydroxylation is 1. The Morgan fingerprint density at radius 3 is 2.83 bits per heavy atom. The number of aromatic nitrogens is 2. The number of piperidine rings is 1. The van der Waals surface area contributed by atoms with E-state index in [2.05, 4.69) is 10.3 Å². The highest BCUT2D eigenvalue weighted by molar-refractivity contribution is 5.77. The van der Waals surface area contributed by atoms with Gasteiger partial charge in [0.25, 0.3) is 0 Å². The molecular weight excluding hydrogens is 376 g/mol. The van der Waals surface area contributed by atoms with Crippen molar-refractivity contribution in [2.75, 3.05) is 18.4 Å². The summed E-state index contributed by atoms with van der Waals surface area (Å²) < 4.78 is 0. The normalized spacial score (nSPS) is 21.3. The molecular formula is C24H32N4O2. The molecule has 6 heteroatoms. The molecule has 2 N–H and O–H groups in total. The van der Waals surface area contributed by atoms with Gasteiger partial charge >= 0.3 is 0 Å². The zero-order chi connectivity index (χ0) is 21.0. The largest absolute Gasteiger partial charge is 0.389 e. The number of aliphatic hydroxyl groups is 1. The fourth-order valence-corrected chi connectivity index (χ4v) is 4.71. The third-order valence-electron chi connectivity index (χ3n) is 6.48. The molecule has 2 fully saturated rings. The lowest BCUT2D eigenvalue weighted by atomic mass is 9.82. The quantitative estimate of drug-likeness (QED) is 0.770. The monoisotopic (exact) mass is 408 g/mol. The molecule has 1 saturated carbocycles. The van der Waals surface area contributed by atoms with Crippen molar-refractivity contribution in [1.82, 2.24) is 14.9 Å². The van der Waals surface area contributed by atoms with Gasteiger partial charge < -0.3 is 15.3 Å². The maximum atomic E-state index is 12.9. The number of hydrogen-bond donors (Lipinski definition) is 2. The van der Waals surface area contributed by atoms with Crippen LogP contribution >= 0.6 is 0 Å². The Morgan fingerprint density at radius 1 is 1.20 bits per heavy atom. The summed E-state index contributed by atoms with van der Waals surface area (Å²) in [7, 11) is 0. The Morgan fingerprint density at radius 2 is 2.03 bits per heavy atom. The minimum atomic E-state index is -0.801. The van der Waals surface area contributed by atoms with E-state index in [0.717, 1.165) is 74.4 Å². The SMILES string of the molecule is Cc1cccnc1Nc1cccc([C@H]2CCCN(C(=O)CC3(O)CCCCC3)C2)n1. The van der Waals surface area contributed by atoms with Crippen LogP contribution in [0.5, 0.6) is 0 Å². The molecule has 1 aliphatic carbocycles. The van der Waals surface area contributed by atoms with Gasteiger partial charge in [0, 0.05) is 30.9 Å². The smallest absolute Gasteiger partial charge is 0.225 e. The fourth-order valence-electron chi connectivity index (χ4n) is 4.71. The van der Waals surface area contributed by atoms with E-state index < -0.39 is 5.60 Å². The molecule has 1 aliphatic heterocycles.